The fourth-order valence-corrected chi connectivity index (χ4v) is 2.28. The van der Waals surface area contributed by atoms with E-state index in [0.717, 1.165) is 11.1 Å². The summed E-state index contributed by atoms with van der Waals surface area (Å²) in [5.41, 5.74) is 2.13. The molecule has 0 amide bonds. The summed E-state index contributed by atoms with van der Waals surface area (Å²) in [6, 6.07) is 13.1. The second-order valence-corrected chi connectivity index (χ2v) is 5.07. The molecular weight excluding hydrogens is 274 g/mol. The minimum absolute atomic E-state index is 0.142. The quantitative estimate of drug-likeness (QED) is 0.878. The number of phenols is 1. The number of methoxy groups -OCH3 is 1. The van der Waals surface area contributed by atoms with E-state index in [9.17, 15) is 5.11 Å². The van der Waals surface area contributed by atoms with Gasteiger partial charge in [0.05, 0.1) is 12.1 Å². The Hall–Kier alpha value is -1.71. The minimum Gasteiger partial charge on any atom is -0.508 e. The summed E-state index contributed by atoms with van der Waals surface area (Å²) in [5.74, 6) is 0.958. The molecule has 0 saturated heterocycles. The van der Waals surface area contributed by atoms with Crippen molar-refractivity contribution in [2.24, 2.45) is 0 Å². The van der Waals surface area contributed by atoms with Crippen LogP contribution >= 0.6 is 11.6 Å². The van der Waals surface area contributed by atoms with E-state index in [-0.39, 0.29) is 11.8 Å². The third kappa shape index (κ3) is 3.65. The van der Waals surface area contributed by atoms with Gasteiger partial charge in [-0.2, -0.15) is 0 Å². The van der Waals surface area contributed by atoms with Crippen LogP contribution in [0.3, 0.4) is 0 Å². The molecule has 0 saturated carbocycles. The van der Waals surface area contributed by atoms with Crippen molar-refractivity contribution in [3.8, 4) is 11.5 Å². The van der Waals surface area contributed by atoms with Crippen LogP contribution in [0.2, 0.25) is 5.02 Å². The SMILES string of the molecule is COc1ccc(CNC(C)c2cccc(O)c2)cc1Cl. The first-order valence-electron chi connectivity index (χ1n) is 6.45. The number of hydrogen-bond donors (Lipinski definition) is 2. The highest BCUT2D eigenvalue weighted by Crippen LogP contribution is 2.25. The van der Waals surface area contributed by atoms with Gasteiger partial charge in [0.2, 0.25) is 0 Å². The number of halogens is 1. The van der Waals surface area contributed by atoms with Gasteiger partial charge in [-0.1, -0.05) is 29.8 Å². The number of hydrogen-bond acceptors (Lipinski definition) is 3. The molecule has 0 bridgehead atoms. The molecule has 106 valence electrons. The van der Waals surface area contributed by atoms with Gasteiger partial charge in [-0.3, -0.25) is 0 Å². The number of phenolic OH excluding ortho intramolecular Hbond substituents is 1. The summed E-state index contributed by atoms with van der Waals surface area (Å²) in [6.45, 7) is 2.75. The third-order valence-corrected chi connectivity index (χ3v) is 3.49. The average Bonchev–Trinajstić information content (AvgIpc) is 2.45. The fraction of sp³-hybridized carbons (Fsp3) is 0.250. The van der Waals surface area contributed by atoms with Gasteiger partial charge in [0.15, 0.2) is 0 Å². The second kappa shape index (κ2) is 6.64. The summed E-state index contributed by atoms with van der Waals surface area (Å²) in [5, 5.41) is 13.5. The Morgan fingerprint density at radius 2 is 2.05 bits per heavy atom. The highest BCUT2D eigenvalue weighted by molar-refractivity contribution is 6.32. The van der Waals surface area contributed by atoms with Gasteiger partial charge >= 0.3 is 0 Å². The maximum Gasteiger partial charge on any atom is 0.137 e. The van der Waals surface area contributed by atoms with Crippen LogP contribution in [-0.4, -0.2) is 12.2 Å². The Bertz CT molecular complexity index is 586. The van der Waals surface area contributed by atoms with Crippen LogP contribution in [0.25, 0.3) is 0 Å². The van der Waals surface area contributed by atoms with Crippen LogP contribution in [0, 0.1) is 0 Å². The van der Waals surface area contributed by atoms with Crippen molar-refractivity contribution in [3.63, 3.8) is 0 Å². The molecule has 0 aliphatic heterocycles. The lowest BCUT2D eigenvalue weighted by Crippen LogP contribution is -2.18. The fourth-order valence-electron chi connectivity index (χ4n) is 2.00. The van der Waals surface area contributed by atoms with Crippen molar-refractivity contribution < 1.29 is 9.84 Å². The molecule has 0 radical (unpaired) electrons. The van der Waals surface area contributed by atoms with Crippen molar-refractivity contribution in [2.45, 2.75) is 19.5 Å². The minimum atomic E-state index is 0.142. The number of rotatable bonds is 5. The van der Waals surface area contributed by atoms with Gasteiger partial charge in [0, 0.05) is 12.6 Å². The summed E-state index contributed by atoms with van der Waals surface area (Å²) in [4.78, 5) is 0. The van der Waals surface area contributed by atoms with Gasteiger partial charge < -0.3 is 15.2 Å². The van der Waals surface area contributed by atoms with Crippen LogP contribution in [0.15, 0.2) is 42.5 Å². The first-order valence-corrected chi connectivity index (χ1v) is 6.82. The molecule has 4 heteroatoms. The number of benzene rings is 2. The van der Waals surface area contributed by atoms with Crippen LogP contribution in [0.4, 0.5) is 0 Å². The van der Waals surface area contributed by atoms with Gasteiger partial charge in [-0.15, -0.1) is 0 Å². The molecule has 20 heavy (non-hydrogen) atoms. The normalized spacial score (nSPS) is 12.2. The lowest BCUT2D eigenvalue weighted by Gasteiger charge is -2.15. The molecule has 1 unspecified atom stereocenters. The van der Waals surface area contributed by atoms with Crippen LogP contribution in [-0.2, 0) is 6.54 Å². The molecule has 2 aromatic carbocycles. The molecule has 0 heterocycles. The standard InChI is InChI=1S/C16H18ClNO2/c1-11(13-4-3-5-14(19)9-13)18-10-12-6-7-16(20-2)15(17)8-12/h3-9,11,18-19H,10H2,1-2H3. The smallest absolute Gasteiger partial charge is 0.137 e. The molecule has 0 aliphatic rings. The number of ether oxygens (including phenoxy) is 1. The largest absolute Gasteiger partial charge is 0.508 e. The monoisotopic (exact) mass is 291 g/mol. The molecule has 2 aromatic rings. The van der Waals surface area contributed by atoms with E-state index < -0.39 is 0 Å². The van der Waals surface area contributed by atoms with Crippen LogP contribution in [0.5, 0.6) is 11.5 Å². The predicted octanol–water partition coefficient (Wildman–Crippen LogP) is 3.91. The van der Waals surface area contributed by atoms with Gasteiger partial charge in [0.1, 0.15) is 11.5 Å². The van der Waals surface area contributed by atoms with E-state index in [2.05, 4.69) is 12.2 Å². The van der Waals surface area contributed by atoms with E-state index >= 15 is 0 Å². The summed E-state index contributed by atoms with van der Waals surface area (Å²) < 4.78 is 5.13. The van der Waals surface area contributed by atoms with E-state index in [1.165, 1.54) is 0 Å². The number of aromatic hydroxyl groups is 1. The first-order chi connectivity index (χ1) is 9.60. The Morgan fingerprint density at radius 1 is 1.25 bits per heavy atom. The van der Waals surface area contributed by atoms with Gasteiger partial charge in [-0.25, -0.2) is 0 Å². The Kier molecular flexibility index (Phi) is 4.88. The van der Waals surface area contributed by atoms with Crippen molar-refractivity contribution in [3.05, 3.63) is 58.6 Å². The Labute approximate surface area is 124 Å². The van der Waals surface area contributed by atoms with E-state index in [4.69, 9.17) is 16.3 Å². The first kappa shape index (κ1) is 14.7. The zero-order valence-electron chi connectivity index (χ0n) is 11.6. The highest BCUT2D eigenvalue weighted by Gasteiger charge is 2.07. The third-order valence-electron chi connectivity index (χ3n) is 3.20. The maximum atomic E-state index is 9.48. The van der Waals surface area contributed by atoms with E-state index in [0.29, 0.717) is 17.3 Å². The molecule has 1 atom stereocenters. The Morgan fingerprint density at radius 3 is 2.70 bits per heavy atom. The topological polar surface area (TPSA) is 41.5 Å². The maximum absolute atomic E-state index is 9.48. The number of nitrogens with one attached hydrogen (secondary N) is 1. The molecule has 2 N–H and O–H groups in total. The van der Waals surface area contributed by atoms with Crippen molar-refractivity contribution >= 4 is 11.6 Å². The second-order valence-electron chi connectivity index (χ2n) is 4.67. The highest BCUT2D eigenvalue weighted by atomic mass is 35.5. The molecular formula is C16H18ClNO2. The van der Waals surface area contributed by atoms with Crippen LogP contribution in [0.1, 0.15) is 24.1 Å². The Balaban J connectivity index is 1.99. The lowest BCUT2D eigenvalue weighted by molar-refractivity contribution is 0.414. The zero-order chi connectivity index (χ0) is 14.5. The molecule has 0 fully saturated rings. The average molecular weight is 292 g/mol. The molecule has 3 nitrogen and oxygen atoms in total. The van der Waals surface area contributed by atoms with E-state index in [1.807, 2.05) is 30.3 Å². The van der Waals surface area contributed by atoms with Crippen molar-refractivity contribution in [1.29, 1.82) is 0 Å². The van der Waals surface area contributed by atoms with Crippen LogP contribution < -0.4 is 10.1 Å². The summed E-state index contributed by atoms with van der Waals surface area (Å²) in [6.07, 6.45) is 0. The van der Waals surface area contributed by atoms with Gasteiger partial charge in [-0.05, 0) is 42.3 Å². The molecule has 0 aliphatic carbocycles. The molecule has 0 spiro atoms. The van der Waals surface area contributed by atoms with E-state index in [1.54, 1.807) is 19.2 Å². The predicted molar refractivity (Wildman–Crippen MR) is 81.4 cm³/mol. The van der Waals surface area contributed by atoms with Crippen molar-refractivity contribution in [2.75, 3.05) is 7.11 Å². The van der Waals surface area contributed by atoms with Gasteiger partial charge in [0.25, 0.3) is 0 Å². The summed E-state index contributed by atoms with van der Waals surface area (Å²) >= 11 is 6.10. The summed E-state index contributed by atoms with van der Waals surface area (Å²) in [7, 11) is 1.60. The lowest BCUT2D eigenvalue weighted by atomic mass is 10.1. The molecule has 0 aromatic heterocycles. The van der Waals surface area contributed by atoms with Crippen molar-refractivity contribution in [1.82, 2.24) is 5.32 Å². The zero-order valence-corrected chi connectivity index (χ0v) is 12.3. The molecule has 2 rings (SSSR count).